The molecule has 0 aliphatic carbocycles. The molecule has 2 aromatic rings. The van der Waals surface area contributed by atoms with E-state index in [1.165, 1.54) is 19.2 Å². The van der Waals surface area contributed by atoms with Gasteiger partial charge in [0.1, 0.15) is 12.3 Å². The summed E-state index contributed by atoms with van der Waals surface area (Å²) in [6, 6.07) is 13.0. The minimum Gasteiger partial charge on any atom is -0.497 e. The first-order valence-corrected chi connectivity index (χ1v) is 11.0. The molecule has 162 valence electrons. The van der Waals surface area contributed by atoms with Crippen molar-refractivity contribution >= 4 is 27.3 Å². The zero-order chi connectivity index (χ0) is 22.5. The molecular formula is C22H29N3O4S. The Morgan fingerprint density at radius 3 is 2.13 bits per heavy atom. The number of carbonyl (C=O) groups excluding carboxylic acids is 1. The van der Waals surface area contributed by atoms with Crippen LogP contribution in [0.15, 0.2) is 58.5 Å². The lowest BCUT2D eigenvalue weighted by molar-refractivity contribution is -0.119. The molecule has 0 spiro atoms. The number of hydrazone groups is 1. The number of amides is 1. The first-order valence-electron chi connectivity index (χ1n) is 9.52. The standard InChI is InChI=1S/C22H29N3O4S/c1-16-7-9-18(10-8-16)25(15-21(26)24-23-17(2)22(3,4)5)30(27,28)20-13-11-19(29-6)12-14-20/h7-14H,15H2,1-6H3,(H,24,26)/b23-17-. The van der Waals surface area contributed by atoms with Crippen molar-refractivity contribution in [1.29, 1.82) is 0 Å². The van der Waals surface area contributed by atoms with Gasteiger partial charge in [-0.2, -0.15) is 5.10 Å². The van der Waals surface area contributed by atoms with Gasteiger partial charge in [0.2, 0.25) is 0 Å². The van der Waals surface area contributed by atoms with E-state index in [4.69, 9.17) is 4.74 Å². The van der Waals surface area contributed by atoms with Crippen LogP contribution in [0.25, 0.3) is 0 Å². The summed E-state index contributed by atoms with van der Waals surface area (Å²) in [5.41, 5.74) is 4.36. The Kier molecular flexibility index (Phi) is 7.25. The molecule has 2 aromatic carbocycles. The molecule has 0 heterocycles. The monoisotopic (exact) mass is 431 g/mol. The lowest BCUT2D eigenvalue weighted by atomic mass is 9.91. The van der Waals surface area contributed by atoms with Gasteiger partial charge in [-0.3, -0.25) is 9.10 Å². The van der Waals surface area contributed by atoms with Crippen LogP contribution in [0, 0.1) is 12.3 Å². The second-order valence-corrected chi connectivity index (χ2v) is 9.87. The van der Waals surface area contributed by atoms with Gasteiger partial charge in [-0.05, 0) is 50.2 Å². The van der Waals surface area contributed by atoms with Crippen molar-refractivity contribution in [3.8, 4) is 5.75 Å². The van der Waals surface area contributed by atoms with Crippen molar-refractivity contribution < 1.29 is 17.9 Å². The molecule has 0 fully saturated rings. The van der Waals surface area contributed by atoms with E-state index in [-0.39, 0.29) is 10.3 Å². The van der Waals surface area contributed by atoms with E-state index in [1.54, 1.807) is 36.4 Å². The number of carbonyl (C=O) groups is 1. The highest BCUT2D eigenvalue weighted by atomic mass is 32.2. The molecule has 0 bridgehead atoms. The summed E-state index contributed by atoms with van der Waals surface area (Å²) >= 11 is 0. The Labute approximate surface area is 178 Å². The number of hydrogen-bond acceptors (Lipinski definition) is 5. The molecule has 0 atom stereocenters. The third-order valence-electron chi connectivity index (χ3n) is 4.69. The van der Waals surface area contributed by atoms with E-state index in [2.05, 4.69) is 10.5 Å². The smallest absolute Gasteiger partial charge is 0.264 e. The van der Waals surface area contributed by atoms with Gasteiger partial charge >= 0.3 is 0 Å². The number of benzene rings is 2. The molecule has 0 saturated heterocycles. The van der Waals surface area contributed by atoms with Gasteiger partial charge in [-0.25, -0.2) is 13.8 Å². The summed E-state index contributed by atoms with van der Waals surface area (Å²) in [7, 11) is -2.48. The first kappa shape index (κ1) is 23.4. The molecule has 0 unspecified atom stereocenters. The maximum atomic E-state index is 13.3. The normalized spacial score (nSPS) is 12.4. The number of ether oxygens (including phenoxy) is 1. The van der Waals surface area contributed by atoms with Crippen molar-refractivity contribution in [3.05, 3.63) is 54.1 Å². The second-order valence-electron chi connectivity index (χ2n) is 8.00. The van der Waals surface area contributed by atoms with Crippen molar-refractivity contribution in [1.82, 2.24) is 5.43 Å². The molecule has 0 aliphatic rings. The predicted octanol–water partition coefficient (Wildman–Crippen LogP) is 3.74. The number of nitrogens with one attached hydrogen (secondary N) is 1. The van der Waals surface area contributed by atoms with Crippen LogP contribution in [0.2, 0.25) is 0 Å². The SMILES string of the molecule is COc1ccc(S(=O)(=O)N(CC(=O)N/N=C(/C)C(C)(C)C)c2ccc(C)cc2)cc1. The van der Waals surface area contributed by atoms with Crippen LogP contribution in [0.4, 0.5) is 5.69 Å². The van der Waals surface area contributed by atoms with E-state index in [1.807, 2.05) is 34.6 Å². The second kappa shape index (κ2) is 9.30. The summed E-state index contributed by atoms with van der Waals surface area (Å²) in [4.78, 5) is 12.6. The average molecular weight is 432 g/mol. The van der Waals surface area contributed by atoms with Crippen molar-refractivity contribution in [2.75, 3.05) is 18.0 Å². The lowest BCUT2D eigenvalue weighted by Gasteiger charge is -2.24. The molecule has 1 amide bonds. The Morgan fingerprint density at radius 2 is 1.63 bits per heavy atom. The van der Waals surface area contributed by atoms with Crippen LogP contribution in [-0.2, 0) is 14.8 Å². The molecule has 1 N–H and O–H groups in total. The molecule has 0 aromatic heterocycles. The molecule has 30 heavy (non-hydrogen) atoms. The summed E-state index contributed by atoms with van der Waals surface area (Å²) in [6.45, 7) is 9.24. The zero-order valence-electron chi connectivity index (χ0n) is 18.3. The number of hydrogen-bond donors (Lipinski definition) is 1. The first-order chi connectivity index (χ1) is 13.9. The van der Waals surface area contributed by atoms with Crippen molar-refractivity contribution in [2.24, 2.45) is 10.5 Å². The van der Waals surface area contributed by atoms with Gasteiger partial charge in [0.25, 0.3) is 15.9 Å². The summed E-state index contributed by atoms with van der Waals surface area (Å²) in [5, 5.41) is 4.11. The third-order valence-corrected chi connectivity index (χ3v) is 6.48. The third kappa shape index (κ3) is 5.82. The van der Waals surface area contributed by atoms with Crippen LogP contribution in [0.3, 0.4) is 0 Å². The quantitative estimate of drug-likeness (QED) is 0.534. The topological polar surface area (TPSA) is 88.1 Å². The van der Waals surface area contributed by atoms with Gasteiger partial charge in [-0.1, -0.05) is 38.5 Å². The number of aryl methyl sites for hydroxylation is 1. The maximum absolute atomic E-state index is 13.3. The number of nitrogens with zero attached hydrogens (tertiary/aromatic N) is 2. The molecule has 0 aliphatic heterocycles. The van der Waals surface area contributed by atoms with Gasteiger partial charge in [0.15, 0.2) is 0 Å². The van der Waals surface area contributed by atoms with Crippen molar-refractivity contribution in [3.63, 3.8) is 0 Å². The van der Waals surface area contributed by atoms with Crippen LogP contribution in [-0.4, -0.2) is 33.7 Å². The zero-order valence-corrected chi connectivity index (χ0v) is 19.1. The van der Waals surface area contributed by atoms with Gasteiger partial charge in [-0.15, -0.1) is 0 Å². The predicted molar refractivity (Wildman–Crippen MR) is 119 cm³/mol. The van der Waals surface area contributed by atoms with E-state index >= 15 is 0 Å². The highest BCUT2D eigenvalue weighted by molar-refractivity contribution is 7.92. The highest BCUT2D eigenvalue weighted by Crippen LogP contribution is 2.25. The van der Waals surface area contributed by atoms with Crippen LogP contribution < -0.4 is 14.5 Å². The number of anilines is 1. The fourth-order valence-electron chi connectivity index (χ4n) is 2.38. The number of sulfonamides is 1. The Bertz CT molecular complexity index is 1010. The summed E-state index contributed by atoms with van der Waals surface area (Å²) < 4.78 is 32.8. The molecule has 0 saturated carbocycles. The maximum Gasteiger partial charge on any atom is 0.264 e. The molecular weight excluding hydrogens is 402 g/mol. The van der Waals surface area contributed by atoms with Gasteiger partial charge in [0.05, 0.1) is 17.7 Å². The van der Waals surface area contributed by atoms with Crippen LogP contribution >= 0.6 is 0 Å². The summed E-state index contributed by atoms with van der Waals surface area (Å²) in [5.74, 6) is 0.0110. The minimum absolute atomic E-state index is 0.0612. The van der Waals surface area contributed by atoms with E-state index < -0.39 is 22.5 Å². The summed E-state index contributed by atoms with van der Waals surface area (Å²) in [6.07, 6.45) is 0. The van der Waals surface area contributed by atoms with Crippen molar-refractivity contribution in [2.45, 2.75) is 39.5 Å². The van der Waals surface area contributed by atoms with E-state index in [9.17, 15) is 13.2 Å². The Balaban J connectivity index is 2.37. The largest absolute Gasteiger partial charge is 0.497 e. The molecule has 2 rings (SSSR count). The van der Waals surface area contributed by atoms with Gasteiger partial charge in [0, 0.05) is 11.1 Å². The fraction of sp³-hybridized carbons (Fsp3) is 0.364. The highest BCUT2D eigenvalue weighted by Gasteiger charge is 2.27. The lowest BCUT2D eigenvalue weighted by Crippen LogP contribution is -2.40. The van der Waals surface area contributed by atoms with Crippen LogP contribution in [0.5, 0.6) is 5.75 Å². The Hall–Kier alpha value is -2.87. The van der Waals surface area contributed by atoms with Crippen LogP contribution in [0.1, 0.15) is 33.3 Å². The fourth-order valence-corrected chi connectivity index (χ4v) is 3.80. The van der Waals surface area contributed by atoms with E-state index in [0.29, 0.717) is 11.4 Å². The molecule has 0 radical (unpaired) electrons. The minimum atomic E-state index is -3.99. The van der Waals surface area contributed by atoms with E-state index in [0.717, 1.165) is 15.6 Å². The average Bonchev–Trinajstić information content (AvgIpc) is 2.70. The number of rotatable bonds is 7. The number of methoxy groups -OCH3 is 1. The van der Waals surface area contributed by atoms with Gasteiger partial charge < -0.3 is 4.74 Å². The molecule has 7 nitrogen and oxygen atoms in total. The Morgan fingerprint density at radius 1 is 1.07 bits per heavy atom. The molecule has 8 heteroatoms.